The number of hydrogen-bond acceptors (Lipinski definition) is 2. The van der Waals surface area contributed by atoms with E-state index in [1.807, 2.05) is 0 Å². The van der Waals surface area contributed by atoms with E-state index in [-0.39, 0.29) is 18.4 Å². The highest BCUT2D eigenvalue weighted by Gasteiger charge is 2.29. The predicted molar refractivity (Wildman–Crippen MR) is 75.0 cm³/mol. The first-order valence-electron chi connectivity index (χ1n) is 7.66. The normalized spacial score (nSPS) is 18.8. The number of aliphatic carboxylic acids is 1. The maximum atomic E-state index is 12.1. The van der Waals surface area contributed by atoms with Crippen LogP contribution in [0.4, 0.5) is 0 Å². The van der Waals surface area contributed by atoms with Crippen LogP contribution in [0.25, 0.3) is 0 Å². The van der Waals surface area contributed by atoms with E-state index in [9.17, 15) is 9.59 Å². The summed E-state index contributed by atoms with van der Waals surface area (Å²) >= 11 is 0. The minimum Gasteiger partial charge on any atom is -0.481 e. The maximum absolute atomic E-state index is 12.1. The van der Waals surface area contributed by atoms with Crippen LogP contribution in [0.15, 0.2) is 0 Å². The summed E-state index contributed by atoms with van der Waals surface area (Å²) in [7, 11) is 0. The van der Waals surface area contributed by atoms with E-state index >= 15 is 0 Å². The zero-order chi connectivity index (χ0) is 14.1. The molecule has 1 fully saturated rings. The topological polar surface area (TPSA) is 57.6 Å². The molecule has 0 aliphatic carbocycles. The Kier molecular flexibility index (Phi) is 7.53. The molecule has 0 bridgehead atoms. The Morgan fingerprint density at radius 2 is 1.84 bits per heavy atom. The highest BCUT2D eigenvalue weighted by atomic mass is 16.4. The van der Waals surface area contributed by atoms with Gasteiger partial charge in [-0.3, -0.25) is 9.59 Å². The number of amides is 1. The van der Waals surface area contributed by atoms with Gasteiger partial charge in [0.1, 0.15) is 0 Å². The van der Waals surface area contributed by atoms with Crippen LogP contribution in [0.1, 0.15) is 71.1 Å². The van der Waals surface area contributed by atoms with Gasteiger partial charge in [-0.15, -0.1) is 0 Å². The second kappa shape index (κ2) is 8.94. The number of carboxylic acids is 1. The summed E-state index contributed by atoms with van der Waals surface area (Å²) in [6.07, 6.45) is 9.52. The third-order valence-corrected chi connectivity index (χ3v) is 3.85. The zero-order valence-electron chi connectivity index (χ0n) is 12.1. The van der Waals surface area contributed by atoms with Gasteiger partial charge in [0.25, 0.3) is 0 Å². The molecule has 0 aromatic rings. The zero-order valence-corrected chi connectivity index (χ0v) is 12.1. The Bertz CT molecular complexity index is 291. The molecule has 0 aromatic carbocycles. The van der Waals surface area contributed by atoms with Crippen molar-refractivity contribution in [2.45, 2.75) is 77.2 Å². The van der Waals surface area contributed by atoms with E-state index in [2.05, 4.69) is 6.92 Å². The molecular formula is C15H27NO3. The van der Waals surface area contributed by atoms with Crippen molar-refractivity contribution in [1.82, 2.24) is 4.90 Å². The molecule has 1 rings (SSSR count). The number of nitrogens with zero attached hydrogens (tertiary/aromatic N) is 1. The van der Waals surface area contributed by atoms with Crippen LogP contribution >= 0.6 is 0 Å². The Morgan fingerprint density at radius 1 is 1.16 bits per heavy atom. The minimum atomic E-state index is -0.802. The molecule has 1 aliphatic heterocycles. The van der Waals surface area contributed by atoms with Crippen molar-refractivity contribution in [2.24, 2.45) is 0 Å². The molecular weight excluding hydrogens is 242 g/mol. The molecule has 0 saturated carbocycles. The third-order valence-electron chi connectivity index (χ3n) is 3.85. The molecule has 4 nitrogen and oxygen atoms in total. The molecule has 0 spiro atoms. The lowest BCUT2D eigenvalue weighted by Crippen LogP contribution is -2.36. The van der Waals surface area contributed by atoms with Gasteiger partial charge in [-0.05, 0) is 19.3 Å². The number of carbonyl (C=O) groups is 2. The minimum absolute atomic E-state index is 0.0647. The summed E-state index contributed by atoms with van der Waals surface area (Å²) in [6.45, 7) is 2.94. The fourth-order valence-electron chi connectivity index (χ4n) is 2.78. The summed E-state index contributed by atoms with van der Waals surface area (Å²) in [5.41, 5.74) is 0. The van der Waals surface area contributed by atoms with Gasteiger partial charge in [-0.25, -0.2) is 0 Å². The van der Waals surface area contributed by atoms with Crippen LogP contribution in [0.3, 0.4) is 0 Å². The summed E-state index contributed by atoms with van der Waals surface area (Å²) < 4.78 is 0. The molecule has 1 saturated heterocycles. The average Bonchev–Trinajstić information content (AvgIpc) is 2.80. The van der Waals surface area contributed by atoms with E-state index in [1.54, 1.807) is 4.90 Å². The molecule has 1 aliphatic rings. The van der Waals surface area contributed by atoms with Crippen molar-refractivity contribution >= 4 is 11.9 Å². The number of likely N-dealkylation sites (tertiary alicyclic amines) is 1. The molecule has 110 valence electrons. The summed E-state index contributed by atoms with van der Waals surface area (Å²) in [4.78, 5) is 24.6. The number of unbranched alkanes of at least 4 members (excludes halogenated alkanes) is 5. The Labute approximate surface area is 116 Å². The van der Waals surface area contributed by atoms with Crippen molar-refractivity contribution in [2.75, 3.05) is 6.54 Å². The Balaban J connectivity index is 2.19. The lowest BCUT2D eigenvalue weighted by molar-refractivity contribution is -0.139. The van der Waals surface area contributed by atoms with Crippen LogP contribution in [0.2, 0.25) is 0 Å². The average molecular weight is 269 g/mol. The molecule has 1 atom stereocenters. The van der Waals surface area contributed by atoms with E-state index < -0.39 is 5.97 Å². The largest absolute Gasteiger partial charge is 0.481 e. The summed E-state index contributed by atoms with van der Waals surface area (Å²) in [5, 5.41) is 8.83. The first-order valence-corrected chi connectivity index (χ1v) is 7.66. The molecule has 19 heavy (non-hydrogen) atoms. The van der Waals surface area contributed by atoms with Crippen LogP contribution in [-0.2, 0) is 9.59 Å². The van der Waals surface area contributed by atoms with Gasteiger partial charge < -0.3 is 10.0 Å². The van der Waals surface area contributed by atoms with Gasteiger partial charge in [0.05, 0.1) is 6.42 Å². The number of rotatable bonds is 9. The SMILES string of the molecule is CCCCCCCCC(=O)N1CCCC1CC(=O)O. The fourth-order valence-corrected chi connectivity index (χ4v) is 2.78. The second-order valence-corrected chi connectivity index (χ2v) is 5.50. The lowest BCUT2D eigenvalue weighted by Gasteiger charge is -2.23. The molecule has 4 heteroatoms. The quantitative estimate of drug-likeness (QED) is 0.654. The van der Waals surface area contributed by atoms with Crippen molar-refractivity contribution in [3.8, 4) is 0 Å². The van der Waals surface area contributed by atoms with Gasteiger partial charge in [-0.2, -0.15) is 0 Å². The van der Waals surface area contributed by atoms with Gasteiger partial charge in [0.2, 0.25) is 5.91 Å². The van der Waals surface area contributed by atoms with Gasteiger partial charge in [0.15, 0.2) is 0 Å². The van der Waals surface area contributed by atoms with Gasteiger partial charge in [-0.1, -0.05) is 39.0 Å². The van der Waals surface area contributed by atoms with Crippen LogP contribution in [0, 0.1) is 0 Å². The Hall–Kier alpha value is -1.06. The van der Waals surface area contributed by atoms with Crippen LogP contribution in [-0.4, -0.2) is 34.5 Å². The van der Waals surface area contributed by atoms with Crippen LogP contribution in [0.5, 0.6) is 0 Å². The summed E-state index contributed by atoms with van der Waals surface area (Å²) in [5.74, 6) is -0.650. The second-order valence-electron chi connectivity index (χ2n) is 5.50. The smallest absolute Gasteiger partial charge is 0.305 e. The van der Waals surface area contributed by atoms with Gasteiger partial charge >= 0.3 is 5.97 Å². The third kappa shape index (κ3) is 6.08. The molecule has 1 amide bonds. The summed E-state index contributed by atoms with van der Waals surface area (Å²) in [6, 6.07) is -0.0647. The van der Waals surface area contributed by atoms with Crippen LogP contribution < -0.4 is 0 Å². The van der Waals surface area contributed by atoms with Crippen molar-refractivity contribution in [1.29, 1.82) is 0 Å². The maximum Gasteiger partial charge on any atom is 0.305 e. The van der Waals surface area contributed by atoms with Crippen molar-refractivity contribution in [3.63, 3.8) is 0 Å². The first-order chi connectivity index (χ1) is 9.15. The highest BCUT2D eigenvalue weighted by molar-refractivity contribution is 5.78. The van der Waals surface area contributed by atoms with Crippen molar-refractivity contribution < 1.29 is 14.7 Å². The highest BCUT2D eigenvalue weighted by Crippen LogP contribution is 2.21. The fraction of sp³-hybridized carbons (Fsp3) is 0.867. The van der Waals surface area contributed by atoms with E-state index in [4.69, 9.17) is 5.11 Å². The standard InChI is InChI=1S/C15H27NO3/c1-2-3-4-5-6-7-10-14(17)16-11-8-9-13(16)12-15(18)19/h13H,2-12H2,1H3,(H,18,19). The van der Waals surface area contributed by atoms with E-state index in [0.29, 0.717) is 6.42 Å². The number of carbonyl (C=O) groups excluding carboxylic acids is 1. The van der Waals surface area contributed by atoms with E-state index in [0.717, 1.165) is 32.2 Å². The Morgan fingerprint density at radius 3 is 2.53 bits per heavy atom. The molecule has 0 aromatic heterocycles. The first kappa shape index (κ1) is 16.0. The monoisotopic (exact) mass is 269 g/mol. The molecule has 1 heterocycles. The van der Waals surface area contributed by atoms with Crippen molar-refractivity contribution in [3.05, 3.63) is 0 Å². The molecule has 1 N–H and O–H groups in total. The van der Waals surface area contributed by atoms with Gasteiger partial charge in [0, 0.05) is 19.0 Å². The number of hydrogen-bond donors (Lipinski definition) is 1. The molecule has 0 radical (unpaired) electrons. The lowest BCUT2D eigenvalue weighted by atomic mass is 10.1. The van der Waals surface area contributed by atoms with E-state index in [1.165, 1.54) is 25.7 Å². The molecule has 1 unspecified atom stereocenters. The number of carboxylic acid groups (broad SMARTS) is 1. The predicted octanol–water partition coefficient (Wildman–Crippen LogP) is 3.20.